The van der Waals surface area contributed by atoms with E-state index in [1.807, 2.05) is 24.4 Å². The molecule has 7 heteroatoms. The minimum atomic E-state index is -0.310. The Balaban J connectivity index is 1.30. The molecule has 0 unspecified atom stereocenters. The molecule has 2 N–H and O–H groups in total. The van der Waals surface area contributed by atoms with E-state index in [1.165, 1.54) is 4.88 Å². The molecule has 0 spiro atoms. The van der Waals surface area contributed by atoms with Gasteiger partial charge >= 0.3 is 0 Å². The first-order valence-electron chi connectivity index (χ1n) is 9.72. The number of hydrogen-bond donors (Lipinski definition) is 2. The highest BCUT2D eigenvalue weighted by Crippen LogP contribution is 2.24. The third kappa shape index (κ3) is 4.54. The van der Waals surface area contributed by atoms with Crippen LogP contribution < -0.4 is 4.90 Å². The van der Waals surface area contributed by atoms with Crippen LogP contribution in [0.25, 0.3) is 0 Å². The molecule has 2 aromatic heterocycles. The summed E-state index contributed by atoms with van der Waals surface area (Å²) in [7, 11) is 0. The van der Waals surface area contributed by atoms with Crippen molar-refractivity contribution in [3.63, 3.8) is 0 Å². The molecule has 2 aliphatic rings. The van der Waals surface area contributed by atoms with Crippen molar-refractivity contribution >= 4 is 17.2 Å². The molecule has 0 saturated carbocycles. The number of nitrogens with zero attached hydrogens (tertiary/aromatic N) is 4. The Kier molecular flexibility index (Phi) is 6.25. The zero-order valence-corrected chi connectivity index (χ0v) is 16.7. The van der Waals surface area contributed by atoms with Gasteiger partial charge in [0.1, 0.15) is 12.4 Å². The molecule has 2 fully saturated rings. The standard InChI is InChI=1S/C21H26N4O2S/c26-13-3-4-17-6-7-18(28-17)14-23-15-19(20(27)16-23)24-9-11-25(12-10-24)21-5-1-2-8-22-21/h1-2,5-8,19-20,26-27H,9-16H2/t19-,20-/m0/s1. The Morgan fingerprint density at radius 1 is 1.11 bits per heavy atom. The second kappa shape index (κ2) is 9.03. The van der Waals surface area contributed by atoms with Gasteiger partial charge in [0.05, 0.1) is 11.0 Å². The van der Waals surface area contributed by atoms with Gasteiger partial charge < -0.3 is 15.1 Å². The summed E-state index contributed by atoms with van der Waals surface area (Å²) in [5.41, 5.74) is 0. The van der Waals surface area contributed by atoms with Crippen LogP contribution in [0.15, 0.2) is 36.5 Å². The van der Waals surface area contributed by atoms with Crippen LogP contribution in [0.2, 0.25) is 0 Å². The highest BCUT2D eigenvalue weighted by atomic mass is 32.1. The number of anilines is 1. The van der Waals surface area contributed by atoms with E-state index in [9.17, 15) is 5.11 Å². The largest absolute Gasteiger partial charge is 0.390 e. The Bertz CT molecular complexity index is 824. The van der Waals surface area contributed by atoms with Crippen LogP contribution >= 0.6 is 11.3 Å². The van der Waals surface area contributed by atoms with Crippen LogP contribution in [0.4, 0.5) is 5.82 Å². The zero-order chi connectivity index (χ0) is 19.3. The van der Waals surface area contributed by atoms with E-state index in [-0.39, 0.29) is 18.8 Å². The molecule has 28 heavy (non-hydrogen) atoms. The fourth-order valence-electron chi connectivity index (χ4n) is 4.04. The molecule has 2 saturated heterocycles. The number of piperazine rings is 1. The van der Waals surface area contributed by atoms with Crippen molar-refractivity contribution in [2.45, 2.75) is 18.7 Å². The first-order valence-corrected chi connectivity index (χ1v) is 10.5. The summed E-state index contributed by atoms with van der Waals surface area (Å²) < 4.78 is 0. The van der Waals surface area contributed by atoms with Gasteiger partial charge in [-0.1, -0.05) is 17.9 Å². The number of pyridine rings is 1. The van der Waals surface area contributed by atoms with Crippen molar-refractivity contribution < 1.29 is 10.2 Å². The lowest BCUT2D eigenvalue weighted by Gasteiger charge is -2.39. The SMILES string of the molecule is OCC#Cc1ccc(CN2C[C@H](O)[C@@H](N3CCN(c4ccccn4)CC3)C2)s1. The summed E-state index contributed by atoms with van der Waals surface area (Å²) in [4.78, 5) is 13.7. The van der Waals surface area contributed by atoms with E-state index in [2.05, 4.69) is 43.7 Å². The Hall–Kier alpha value is -1.95. The molecule has 0 bridgehead atoms. The number of rotatable bonds is 4. The van der Waals surface area contributed by atoms with Crippen molar-refractivity contribution in [2.75, 3.05) is 50.8 Å². The van der Waals surface area contributed by atoms with E-state index in [0.717, 1.165) is 50.0 Å². The van der Waals surface area contributed by atoms with Gasteiger partial charge in [0, 0.05) is 62.9 Å². The summed E-state index contributed by atoms with van der Waals surface area (Å²) in [6.45, 7) is 6.11. The highest BCUT2D eigenvalue weighted by Gasteiger charge is 2.36. The number of likely N-dealkylation sites (tertiary alicyclic amines) is 1. The van der Waals surface area contributed by atoms with E-state index >= 15 is 0 Å². The van der Waals surface area contributed by atoms with Crippen molar-refractivity contribution in [1.82, 2.24) is 14.8 Å². The van der Waals surface area contributed by atoms with Gasteiger partial charge in [0.15, 0.2) is 0 Å². The predicted molar refractivity (Wildman–Crippen MR) is 111 cm³/mol. The third-order valence-corrected chi connectivity index (χ3v) is 6.41. The summed E-state index contributed by atoms with van der Waals surface area (Å²) in [5.74, 6) is 6.69. The van der Waals surface area contributed by atoms with Gasteiger partial charge in [-0.3, -0.25) is 9.80 Å². The van der Waals surface area contributed by atoms with Gasteiger partial charge in [-0.25, -0.2) is 4.98 Å². The Morgan fingerprint density at radius 2 is 1.96 bits per heavy atom. The first-order chi connectivity index (χ1) is 13.7. The fraction of sp³-hybridized carbons (Fsp3) is 0.476. The van der Waals surface area contributed by atoms with Crippen LogP contribution in [-0.2, 0) is 6.54 Å². The first kappa shape index (κ1) is 19.4. The molecule has 4 heterocycles. The molecule has 2 aliphatic heterocycles. The van der Waals surface area contributed by atoms with Crippen molar-refractivity contribution in [1.29, 1.82) is 0 Å². The summed E-state index contributed by atoms with van der Waals surface area (Å²) >= 11 is 1.66. The molecule has 0 aliphatic carbocycles. The maximum Gasteiger partial charge on any atom is 0.128 e. The second-order valence-electron chi connectivity index (χ2n) is 7.27. The normalized spacial score (nSPS) is 23.6. The molecular weight excluding hydrogens is 372 g/mol. The summed E-state index contributed by atoms with van der Waals surface area (Å²) in [6, 6.07) is 10.3. The number of hydrogen-bond acceptors (Lipinski definition) is 7. The molecule has 6 nitrogen and oxygen atoms in total. The molecule has 4 rings (SSSR count). The monoisotopic (exact) mass is 398 g/mol. The summed E-state index contributed by atoms with van der Waals surface area (Å²) in [6.07, 6.45) is 1.53. The highest BCUT2D eigenvalue weighted by molar-refractivity contribution is 7.12. The molecule has 0 radical (unpaired) electrons. The van der Waals surface area contributed by atoms with Gasteiger partial charge in [0.25, 0.3) is 0 Å². The van der Waals surface area contributed by atoms with E-state index < -0.39 is 0 Å². The lowest BCUT2D eigenvalue weighted by molar-refractivity contribution is 0.0790. The predicted octanol–water partition coefficient (Wildman–Crippen LogP) is 0.854. The van der Waals surface area contributed by atoms with Crippen LogP contribution in [0.5, 0.6) is 0 Å². The van der Waals surface area contributed by atoms with E-state index in [1.54, 1.807) is 11.3 Å². The van der Waals surface area contributed by atoms with Crippen molar-refractivity contribution in [2.24, 2.45) is 0 Å². The van der Waals surface area contributed by atoms with Crippen LogP contribution in [0, 0.1) is 11.8 Å². The number of aromatic nitrogens is 1. The quantitative estimate of drug-likeness (QED) is 0.745. The van der Waals surface area contributed by atoms with E-state index in [4.69, 9.17) is 5.11 Å². The fourth-order valence-corrected chi connectivity index (χ4v) is 4.96. The van der Waals surface area contributed by atoms with Gasteiger partial charge in [-0.15, -0.1) is 11.3 Å². The topological polar surface area (TPSA) is 63.1 Å². The average molecular weight is 399 g/mol. The number of aliphatic hydroxyl groups excluding tert-OH is 2. The number of β-amino-alcohol motifs (C(OH)–C–C–N with tert-alkyl or cyclic N) is 1. The number of aliphatic hydroxyl groups is 2. The van der Waals surface area contributed by atoms with Crippen molar-refractivity contribution in [3.05, 3.63) is 46.3 Å². The minimum absolute atomic E-state index is 0.110. The second-order valence-corrected chi connectivity index (χ2v) is 8.43. The average Bonchev–Trinajstić information content (AvgIpc) is 3.33. The summed E-state index contributed by atoms with van der Waals surface area (Å²) in [5, 5.41) is 19.4. The molecule has 0 amide bonds. The lowest BCUT2D eigenvalue weighted by Crippen LogP contribution is -2.53. The maximum atomic E-state index is 10.6. The van der Waals surface area contributed by atoms with E-state index in [0.29, 0.717) is 6.54 Å². The number of thiophene rings is 1. The van der Waals surface area contributed by atoms with Crippen LogP contribution in [0.1, 0.15) is 9.75 Å². The molecule has 2 aromatic rings. The molecular formula is C21H26N4O2S. The van der Waals surface area contributed by atoms with Crippen LogP contribution in [-0.4, -0.2) is 83.0 Å². The maximum absolute atomic E-state index is 10.6. The zero-order valence-electron chi connectivity index (χ0n) is 15.9. The smallest absolute Gasteiger partial charge is 0.128 e. The third-order valence-electron chi connectivity index (χ3n) is 5.42. The molecule has 148 valence electrons. The van der Waals surface area contributed by atoms with Gasteiger partial charge in [-0.05, 0) is 24.3 Å². The molecule has 0 aromatic carbocycles. The van der Waals surface area contributed by atoms with Gasteiger partial charge in [-0.2, -0.15) is 0 Å². The lowest BCUT2D eigenvalue weighted by atomic mass is 10.1. The Morgan fingerprint density at radius 3 is 2.71 bits per heavy atom. The van der Waals surface area contributed by atoms with Gasteiger partial charge in [0.2, 0.25) is 0 Å². The molecule has 2 atom stereocenters. The van der Waals surface area contributed by atoms with Crippen molar-refractivity contribution in [3.8, 4) is 11.8 Å². The van der Waals surface area contributed by atoms with Crippen LogP contribution in [0.3, 0.4) is 0 Å². The Labute approximate surface area is 170 Å². The minimum Gasteiger partial charge on any atom is -0.390 e.